The van der Waals surface area contributed by atoms with E-state index in [1.54, 1.807) is 6.08 Å². The number of ether oxygens (including phenoxy) is 1. The number of methoxy groups -OCH3 is 1. The van der Waals surface area contributed by atoms with Crippen molar-refractivity contribution in [3.8, 4) is 11.5 Å². The van der Waals surface area contributed by atoms with Crippen LogP contribution in [0, 0.1) is 17.8 Å². The predicted octanol–water partition coefficient (Wildman–Crippen LogP) is 6.07. The van der Waals surface area contributed by atoms with Gasteiger partial charge in [-0.15, -0.1) is 0 Å². The van der Waals surface area contributed by atoms with E-state index >= 15 is 0 Å². The molecule has 1 heterocycles. The molecule has 0 radical (unpaired) electrons. The number of phenols is 1. The number of fused-ring (bicyclic) bond motifs is 3. The minimum atomic E-state index is -5.21. The number of amides is 2. The zero-order chi connectivity index (χ0) is 32.7. The van der Waals surface area contributed by atoms with Crippen LogP contribution in [0.4, 0.5) is 32.0 Å². The molecule has 4 aliphatic rings. The van der Waals surface area contributed by atoms with Crippen molar-refractivity contribution in [2.75, 3.05) is 12.0 Å². The fourth-order valence-corrected chi connectivity index (χ4v) is 6.95. The molecule has 1 saturated heterocycles. The van der Waals surface area contributed by atoms with Crippen LogP contribution in [0.2, 0.25) is 0 Å². The summed E-state index contributed by atoms with van der Waals surface area (Å²) in [5.74, 6) is -7.28. The molecular formula is C32H23F6NO6. The number of Topliss-reactive ketones (excluding diaryl/α,β-unsaturated/α-hetero) is 1. The second-order valence-electron chi connectivity index (χ2n) is 11.4. The maximum Gasteiger partial charge on any atom is 0.416 e. The van der Waals surface area contributed by atoms with E-state index in [4.69, 9.17) is 4.74 Å². The Morgan fingerprint density at radius 2 is 1.53 bits per heavy atom. The molecule has 6 rings (SSSR count). The van der Waals surface area contributed by atoms with Crippen LogP contribution in [-0.2, 0) is 31.5 Å². The highest BCUT2D eigenvalue weighted by atomic mass is 19.4. The quantitative estimate of drug-likeness (QED) is 0.191. The number of imide groups is 1. The molecule has 13 heteroatoms. The van der Waals surface area contributed by atoms with Crippen molar-refractivity contribution in [3.05, 3.63) is 87.5 Å². The molecule has 2 amide bonds. The van der Waals surface area contributed by atoms with Crippen LogP contribution >= 0.6 is 0 Å². The van der Waals surface area contributed by atoms with Crippen molar-refractivity contribution in [2.24, 2.45) is 17.8 Å². The topological polar surface area (TPSA) is 101 Å². The number of hydrogen-bond donors (Lipinski definition) is 1. The molecule has 0 saturated carbocycles. The monoisotopic (exact) mass is 631 g/mol. The third-order valence-electron chi connectivity index (χ3n) is 8.94. The highest BCUT2D eigenvalue weighted by molar-refractivity contribution is 6.25. The second kappa shape index (κ2) is 10.2. The number of phenolic OH excluding ortho intramolecular Hbond substituents is 1. The first-order valence-corrected chi connectivity index (χ1v) is 13.8. The standard InChI is InChI=1S/C32H23F6NO6/c1-13-7-24(41)27-22(28(13)42)12-21-18(25(27)19-4-3-17(45-2)11-23(19)40)5-6-20-26(21)30(44)39(29(20)43)16-9-14(31(33,34)35)8-15(10-16)32(36,37)38/h3-5,7-11,20-21,25-26,40H,6,12H2,1-2H3. The fourth-order valence-electron chi connectivity index (χ4n) is 6.95. The Balaban J connectivity index is 1.48. The van der Waals surface area contributed by atoms with Crippen molar-refractivity contribution in [1.82, 2.24) is 0 Å². The first-order chi connectivity index (χ1) is 21.0. The summed E-state index contributed by atoms with van der Waals surface area (Å²) in [5.41, 5.74) is -3.29. The molecule has 7 nitrogen and oxygen atoms in total. The van der Waals surface area contributed by atoms with Gasteiger partial charge in [-0.2, -0.15) is 26.3 Å². The molecule has 0 spiro atoms. The lowest BCUT2D eigenvalue weighted by Crippen LogP contribution is -2.39. The number of aromatic hydroxyl groups is 1. The molecular weight excluding hydrogens is 608 g/mol. The van der Waals surface area contributed by atoms with Crippen LogP contribution in [0.15, 0.2) is 70.8 Å². The number of anilines is 1. The zero-order valence-electron chi connectivity index (χ0n) is 23.5. The number of hydrogen-bond acceptors (Lipinski definition) is 6. The molecule has 4 unspecified atom stereocenters. The second-order valence-corrected chi connectivity index (χ2v) is 11.4. The third-order valence-corrected chi connectivity index (χ3v) is 8.94. The summed E-state index contributed by atoms with van der Waals surface area (Å²) in [6.45, 7) is 1.44. The normalized spacial score (nSPS) is 25.1. The number of ketones is 2. The Bertz CT molecular complexity index is 1770. The Morgan fingerprint density at radius 1 is 0.889 bits per heavy atom. The van der Waals surface area contributed by atoms with Crippen molar-refractivity contribution in [2.45, 2.75) is 38.0 Å². The van der Waals surface area contributed by atoms with Gasteiger partial charge in [0.15, 0.2) is 11.6 Å². The van der Waals surface area contributed by atoms with Crippen molar-refractivity contribution >= 4 is 29.1 Å². The average Bonchev–Trinajstić information content (AvgIpc) is 3.23. The molecule has 1 aliphatic heterocycles. The molecule has 1 N–H and O–H groups in total. The predicted molar refractivity (Wildman–Crippen MR) is 145 cm³/mol. The number of allylic oxidation sites excluding steroid dienone is 6. The first-order valence-electron chi connectivity index (χ1n) is 13.8. The van der Waals surface area contributed by atoms with Crippen LogP contribution in [0.25, 0.3) is 0 Å². The van der Waals surface area contributed by atoms with Crippen LogP contribution in [0.1, 0.15) is 42.4 Å². The van der Waals surface area contributed by atoms with E-state index in [1.807, 2.05) is 0 Å². The first kappa shape index (κ1) is 30.4. The maximum absolute atomic E-state index is 14.0. The summed E-state index contributed by atoms with van der Waals surface area (Å²) >= 11 is 0. The number of carbonyl (C=O) groups is 4. The summed E-state index contributed by atoms with van der Waals surface area (Å²) in [6.07, 6.45) is -7.91. The van der Waals surface area contributed by atoms with Crippen LogP contribution < -0.4 is 9.64 Å². The molecule has 2 aromatic rings. The van der Waals surface area contributed by atoms with Gasteiger partial charge in [-0.3, -0.25) is 19.2 Å². The zero-order valence-corrected chi connectivity index (χ0v) is 23.5. The Morgan fingerprint density at radius 3 is 2.11 bits per heavy atom. The fraction of sp³-hybridized carbons (Fsp3) is 0.312. The van der Waals surface area contributed by atoms with E-state index in [2.05, 4.69) is 0 Å². The number of halogens is 6. The smallest absolute Gasteiger partial charge is 0.416 e. The van der Waals surface area contributed by atoms with Gasteiger partial charge in [0, 0.05) is 34.3 Å². The SMILES string of the molecule is COc1ccc(C2C3=CCC4C(=O)N(c5cc(C(F)(F)F)cc(C(F)(F)F)c5)C(=O)C4C3CC3=C2C(=O)C=C(C)C3=O)c(O)c1. The van der Waals surface area contributed by atoms with Gasteiger partial charge in [-0.05, 0) is 56.0 Å². The summed E-state index contributed by atoms with van der Waals surface area (Å²) in [7, 11) is 1.38. The van der Waals surface area contributed by atoms with Crippen LogP contribution in [0.5, 0.6) is 11.5 Å². The number of alkyl halides is 6. The molecule has 4 atom stereocenters. The number of nitrogens with zero attached hydrogens (tertiary/aromatic N) is 1. The van der Waals surface area contributed by atoms with E-state index in [1.165, 1.54) is 38.3 Å². The van der Waals surface area contributed by atoms with E-state index < -0.39 is 76.2 Å². The maximum atomic E-state index is 14.0. The van der Waals surface area contributed by atoms with Gasteiger partial charge in [-0.25, -0.2) is 4.90 Å². The van der Waals surface area contributed by atoms with Crippen molar-refractivity contribution < 1.29 is 55.4 Å². The average molecular weight is 632 g/mol. The van der Waals surface area contributed by atoms with Gasteiger partial charge in [0.2, 0.25) is 11.8 Å². The van der Waals surface area contributed by atoms with Gasteiger partial charge in [-0.1, -0.05) is 17.7 Å². The minimum absolute atomic E-state index is 0.0696. The molecule has 45 heavy (non-hydrogen) atoms. The van der Waals surface area contributed by atoms with E-state index in [-0.39, 0.29) is 46.9 Å². The highest BCUT2D eigenvalue weighted by Crippen LogP contribution is 2.56. The lowest BCUT2D eigenvalue weighted by atomic mass is 9.59. The Labute approximate surface area is 251 Å². The van der Waals surface area contributed by atoms with Gasteiger partial charge in [0.25, 0.3) is 0 Å². The van der Waals surface area contributed by atoms with E-state index in [9.17, 15) is 50.6 Å². The number of benzene rings is 2. The van der Waals surface area contributed by atoms with E-state index in [0.717, 1.165) is 0 Å². The summed E-state index contributed by atoms with van der Waals surface area (Å²) in [4.78, 5) is 54.6. The molecule has 0 aromatic heterocycles. The van der Waals surface area contributed by atoms with Crippen LogP contribution in [0.3, 0.4) is 0 Å². The largest absolute Gasteiger partial charge is 0.507 e. The van der Waals surface area contributed by atoms with Crippen molar-refractivity contribution in [3.63, 3.8) is 0 Å². The summed E-state index contributed by atoms with van der Waals surface area (Å²) in [6, 6.07) is 4.89. The van der Waals surface area contributed by atoms with Gasteiger partial charge < -0.3 is 9.84 Å². The highest BCUT2D eigenvalue weighted by Gasteiger charge is 2.57. The lowest BCUT2D eigenvalue weighted by Gasteiger charge is -2.42. The van der Waals surface area contributed by atoms with Gasteiger partial charge in [0.05, 0.1) is 35.8 Å². The molecule has 3 aliphatic carbocycles. The van der Waals surface area contributed by atoms with Gasteiger partial charge in [0.1, 0.15) is 11.5 Å². The van der Waals surface area contributed by atoms with E-state index in [0.29, 0.717) is 28.4 Å². The number of carbonyl (C=O) groups excluding carboxylic acids is 4. The molecule has 0 bridgehead atoms. The van der Waals surface area contributed by atoms with Crippen molar-refractivity contribution in [1.29, 1.82) is 0 Å². The van der Waals surface area contributed by atoms with Crippen LogP contribution in [-0.4, -0.2) is 35.6 Å². The lowest BCUT2D eigenvalue weighted by molar-refractivity contribution is -0.143. The Hall–Kier alpha value is -4.68. The third kappa shape index (κ3) is 4.75. The molecule has 1 fully saturated rings. The molecule has 2 aromatic carbocycles. The molecule has 234 valence electrons. The summed E-state index contributed by atoms with van der Waals surface area (Å²) in [5, 5.41) is 11.0. The minimum Gasteiger partial charge on any atom is -0.507 e. The number of rotatable bonds is 3. The Kier molecular flexibility index (Phi) is 6.86. The van der Waals surface area contributed by atoms with Gasteiger partial charge >= 0.3 is 12.4 Å². The summed E-state index contributed by atoms with van der Waals surface area (Å²) < 4.78 is 86.8.